The van der Waals surface area contributed by atoms with Gasteiger partial charge in [0.15, 0.2) is 0 Å². The molecule has 8 rings (SSSR count). The van der Waals surface area contributed by atoms with Crippen LogP contribution in [0.25, 0.3) is 27.6 Å². The van der Waals surface area contributed by atoms with Gasteiger partial charge in [0.05, 0.1) is 0 Å². The molecule has 322 valence electrons. The van der Waals surface area contributed by atoms with Crippen LogP contribution in [0, 0.1) is 5.92 Å². The van der Waals surface area contributed by atoms with Crippen LogP contribution < -0.4 is 20.4 Å². The van der Waals surface area contributed by atoms with Crippen molar-refractivity contribution in [3.8, 4) is 0 Å². The minimum absolute atomic E-state index is 0.229. The number of rotatable bonds is 5. The first-order chi connectivity index (χ1) is 28.8. The fourth-order valence-corrected chi connectivity index (χ4v) is 8.93. The van der Waals surface area contributed by atoms with E-state index in [4.69, 9.17) is 9.47 Å². The number of benzene rings is 4. The number of likely N-dealkylation sites (tertiary alicyclic amines) is 1. The van der Waals surface area contributed by atoms with Crippen molar-refractivity contribution >= 4 is 51.2 Å². The zero-order chi connectivity index (χ0) is 42.3. The lowest BCUT2D eigenvalue weighted by molar-refractivity contribution is 0.0228. The first-order valence-corrected chi connectivity index (χ1v) is 22.4. The minimum Gasteiger partial charge on any atom is -0.444 e. The van der Waals surface area contributed by atoms with Gasteiger partial charge in [-0.2, -0.15) is 0 Å². The summed E-state index contributed by atoms with van der Waals surface area (Å²) in [4.78, 5) is 33.4. The molecule has 10 nitrogen and oxygen atoms in total. The van der Waals surface area contributed by atoms with Gasteiger partial charge in [-0.05, 0) is 127 Å². The van der Waals surface area contributed by atoms with Gasteiger partial charge < -0.3 is 39.7 Å². The SMILES string of the molecule is CC(C)(C)OC(=O)N1CCC(=Cc2ccc(N3CCN(C(=O)OC(C)(C)C)CC3)c3ccccc23)CC1.c1ccc2c(N3CCNCC3)ccc(CC3CCNCC3)c2c1. The third-order valence-electron chi connectivity index (χ3n) is 12.0. The highest BCUT2D eigenvalue weighted by atomic mass is 16.6. The molecule has 0 radical (unpaired) electrons. The average Bonchev–Trinajstić information content (AvgIpc) is 3.24. The number of ether oxygens (including phenoxy) is 2. The Hall–Kier alpha value is -4.80. The Morgan fingerprint density at radius 3 is 1.65 bits per heavy atom. The Balaban J connectivity index is 0.000000201. The van der Waals surface area contributed by atoms with E-state index in [0.717, 1.165) is 58.0 Å². The van der Waals surface area contributed by atoms with Crippen molar-refractivity contribution in [2.24, 2.45) is 5.92 Å². The maximum absolute atomic E-state index is 12.5. The molecule has 0 aromatic heterocycles. The lowest BCUT2D eigenvalue weighted by Gasteiger charge is -2.37. The zero-order valence-electron chi connectivity index (χ0n) is 37.0. The monoisotopic (exact) mass is 817 g/mol. The van der Waals surface area contributed by atoms with E-state index in [1.54, 1.807) is 9.80 Å². The van der Waals surface area contributed by atoms with E-state index in [2.05, 4.69) is 99.3 Å². The van der Waals surface area contributed by atoms with E-state index in [-0.39, 0.29) is 12.2 Å². The molecule has 2 amide bonds. The Kier molecular flexibility index (Phi) is 13.9. The quantitative estimate of drug-likeness (QED) is 0.206. The zero-order valence-corrected chi connectivity index (χ0v) is 37.0. The average molecular weight is 817 g/mol. The molecule has 0 aliphatic carbocycles. The Morgan fingerprint density at radius 1 is 0.583 bits per heavy atom. The number of anilines is 2. The number of hydrogen-bond acceptors (Lipinski definition) is 8. The second kappa shape index (κ2) is 19.3. The van der Waals surface area contributed by atoms with Gasteiger partial charge >= 0.3 is 12.2 Å². The number of nitrogens with zero attached hydrogens (tertiary/aromatic N) is 4. The van der Waals surface area contributed by atoms with Crippen molar-refractivity contribution in [1.82, 2.24) is 20.4 Å². The highest BCUT2D eigenvalue weighted by molar-refractivity contribution is 6.00. The van der Waals surface area contributed by atoms with Crippen LogP contribution in [0.1, 0.15) is 78.4 Å². The van der Waals surface area contributed by atoms with Crippen LogP contribution in [0.15, 0.2) is 78.4 Å². The number of nitrogens with one attached hydrogen (secondary N) is 2. The van der Waals surface area contributed by atoms with Gasteiger partial charge in [0, 0.05) is 87.6 Å². The second-order valence-corrected chi connectivity index (χ2v) is 18.9. The molecule has 2 N–H and O–H groups in total. The van der Waals surface area contributed by atoms with Gasteiger partial charge in [-0.25, -0.2) is 9.59 Å². The second-order valence-electron chi connectivity index (χ2n) is 18.9. The van der Waals surface area contributed by atoms with Crippen LogP contribution in [0.4, 0.5) is 21.0 Å². The molecule has 0 bridgehead atoms. The lowest BCUT2D eigenvalue weighted by atomic mass is 9.88. The van der Waals surface area contributed by atoms with Gasteiger partial charge in [0.25, 0.3) is 0 Å². The van der Waals surface area contributed by atoms with Crippen molar-refractivity contribution in [2.75, 3.05) is 88.3 Å². The molecule has 60 heavy (non-hydrogen) atoms. The minimum atomic E-state index is -0.485. The maximum Gasteiger partial charge on any atom is 0.410 e. The van der Waals surface area contributed by atoms with Crippen molar-refractivity contribution in [3.63, 3.8) is 0 Å². The summed E-state index contributed by atoms with van der Waals surface area (Å²) in [6.07, 6.45) is 7.37. The summed E-state index contributed by atoms with van der Waals surface area (Å²) in [5.74, 6) is 0.838. The molecule has 4 heterocycles. The maximum atomic E-state index is 12.5. The first-order valence-electron chi connectivity index (χ1n) is 22.4. The Morgan fingerprint density at radius 2 is 1.07 bits per heavy atom. The summed E-state index contributed by atoms with van der Waals surface area (Å²) in [5.41, 5.74) is 5.73. The van der Waals surface area contributed by atoms with Crippen LogP contribution in [0.2, 0.25) is 0 Å². The Bertz CT molecular complexity index is 2110. The van der Waals surface area contributed by atoms with Crippen molar-refractivity contribution in [3.05, 3.63) is 89.5 Å². The molecule has 4 aromatic rings. The first kappa shape index (κ1) is 43.3. The molecular weight excluding hydrogens is 749 g/mol. The van der Waals surface area contributed by atoms with Crippen molar-refractivity contribution in [1.29, 1.82) is 0 Å². The summed E-state index contributed by atoms with van der Waals surface area (Å²) >= 11 is 0. The topological polar surface area (TPSA) is 89.6 Å². The molecule has 0 spiro atoms. The fraction of sp³-hybridized carbons (Fsp3) is 0.520. The number of carbonyl (C=O) groups excluding carboxylic acids is 2. The Labute approximate surface area is 358 Å². The van der Waals surface area contributed by atoms with E-state index >= 15 is 0 Å². The highest BCUT2D eigenvalue weighted by Crippen LogP contribution is 2.34. The predicted molar refractivity (Wildman–Crippen MR) is 247 cm³/mol. The van der Waals surface area contributed by atoms with Crippen molar-refractivity contribution < 1.29 is 19.1 Å². The van der Waals surface area contributed by atoms with Gasteiger partial charge in [0.1, 0.15) is 11.2 Å². The third-order valence-corrected chi connectivity index (χ3v) is 12.0. The largest absolute Gasteiger partial charge is 0.444 e. The van der Waals surface area contributed by atoms with E-state index in [1.807, 2.05) is 41.5 Å². The summed E-state index contributed by atoms with van der Waals surface area (Å²) in [5, 5.41) is 12.3. The lowest BCUT2D eigenvalue weighted by Crippen LogP contribution is -2.50. The molecule has 4 fully saturated rings. The summed E-state index contributed by atoms with van der Waals surface area (Å²) in [6.45, 7) is 22.3. The smallest absolute Gasteiger partial charge is 0.410 e. The van der Waals surface area contributed by atoms with Crippen LogP contribution in [0.5, 0.6) is 0 Å². The van der Waals surface area contributed by atoms with Crippen molar-refractivity contribution in [2.45, 2.75) is 84.8 Å². The molecule has 4 aromatic carbocycles. The number of piperazine rings is 2. The fourth-order valence-electron chi connectivity index (χ4n) is 8.93. The van der Waals surface area contributed by atoms with Gasteiger partial charge in [-0.15, -0.1) is 0 Å². The van der Waals surface area contributed by atoms with Crippen LogP contribution in [-0.4, -0.2) is 112 Å². The van der Waals surface area contributed by atoms with E-state index < -0.39 is 11.2 Å². The van der Waals surface area contributed by atoms with Crippen LogP contribution in [0.3, 0.4) is 0 Å². The van der Waals surface area contributed by atoms with Gasteiger partial charge in [0.2, 0.25) is 0 Å². The van der Waals surface area contributed by atoms with Crippen LogP contribution >= 0.6 is 0 Å². The number of hydrogen-bond donors (Lipinski definition) is 2. The number of piperidine rings is 2. The molecule has 4 saturated heterocycles. The van der Waals surface area contributed by atoms with Crippen LogP contribution in [-0.2, 0) is 15.9 Å². The van der Waals surface area contributed by atoms with Gasteiger partial charge in [-0.1, -0.05) is 72.3 Å². The predicted octanol–water partition coefficient (Wildman–Crippen LogP) is 9.10. The number of carbonyl (C=O) groups is 2. The molecule has 4 aliphatic rings. The highest BCUT2D eigenvalue weighted by Gasteiger charge is 2.28. The van der Waals surface area contributed by atoms with E-state index in [0.29, 0.717) is 26.2 Å². The molecule has 10 heteroatoms. The summed E-state index contributed by atoms with van der Waals surface area (Å²) in [6, 6.07) is 26.7. The van der Waals surface area contributed by atoms with E-state index in [9.17, 15) is 9.59 Å². The van der Waals surface area contributed by atoms with Gasteiger partial charge in [-0.3, -0.25) is 0 Å². The normalized spacial score (nSPS) is 18.3. The standard InChI is InChI=1S/C30H41N3O4.C20H27N3/c1-29(2,3)36-27(34)32-15-13-22(14-16-32)21-23-11-12-26(25-10-8-7-9-24(23)25)31-17-19-33(20-18-31)28(35)37-30(4,5)6;1-2-4-19-18(3-1)17(15-16-7-9-21-10-8-16)5-6-20(19)23-13-11-22-12-14-23/h7-12,21H,13-20H2,1-6H3;1-6,16,21-22H,7-15H2. The molecule has 0 saturated carbocycles. The molecule has 4 aliphatic heterocycles. The molecular formula is C50H68N6O4. The number of fused-ring (bicyclic) bond motifs is 2. The third kappa shape index (κ3) is 11.3. The summed E-state index contributed by atoms with van der Waals surface area (Å²) < 4.78 is 11.1. The summed E-state index contributed by atoms with van der Waals surface area (Å²) in [7, 11) is 0. The molecule has 0 atom stereocenters. The van der Waals surface area contributed by atoms with E-state index in [1.165, 1.54) is 82.0 Å². The number of amides is 2. The molecule has 0 unspecified atom stereocenters.